The van der Waals surface area contributed by atoms with Crippen LogP contribution in [0.5, 0.6) is 0 Å². The zero-order chi connectivity index (χ0) is 9.80. The van der Waals surface area contributed by atoms with Gasteiger partial charge >= 0.3 is 0 Å². The minimum Gasteiger partial charge on any atom is -0.357 e. The average Bonchev–Trinajstić information content (AvgIpc) is 2.77. The van der Waals surface area contributed by atoms with Crippen molar-refractivity contribution in [3.05, 3.63) is 29.8 Å². The van der Waals surface area contributed by atoms with Gasteiger partial charge in [-0.05, 0) is 11.6 Å². The zero-order valence-corrected chi connectivity index (χ0v) is 7.94. The second kappa shape index (κ2) is 4.01. The van der Waals surface area contributed by atoms with Gasteiger partial charge in [0.25, 0.3) is 0 Å². The summed E-state index contributed by atoms with van der Waals surface area (Å²) in [5.41, 5.74) is 1.25. The van der Waals surface area contributed by atoms with Crippen molar-refractivity contribution in [2.24, 2.45) is 7.05 Å². The Hall–Kier alpha value is -1.69. The molecule has 6 nitrogen and oxygen atoms in total. The Morgan fingerprint density at radius 3 is 3.07 bits per heavy atom. The second-order valence-electron chi connectivity index (χ2n) is 3.12. The topological polar surface area (TPSA) is 71.4 Å². The number of aromatic nitrogens is 5. The quantitative estimate of drug-likeness (QED) is 0.705. The van der Waals surface area contributed by atoms with Crippen LogP contribution >= 0.6 is 0 Å². The molecule has 0 radical (unpaired) electrons. The van der Waals surface area contributed by atoms with E-state index < -0.39 is 0 Å². The number of H-pyrrole nitrogens is 1. The van der Waals surface area contributed by atoms with Crippen molar-refractivity contribution < 1.29 is 0 Å². The van der Waals surface area contributed by atoms with Crippen molar-refractivity contribution in [1.82, 2.24) is 30.5 Å². The molecule has 6 heteroatoms. The van der Waals surface area contributed by atoms with Gasteiger partial charge in [0.05, 0.1) is 6.54 Å². The molecule has 2 aromatic heterocycles. The molecule has 2 heterocycles. The summed E-state index contributed by atoms with van der Waals surface area (Å²) >= 11 is 0. The first-order valence-corrected chi connectivity index (χ1v) is 4.38. The van der Waals surface area contributed by atoms with Gasteiger partial charge in [-0.15, -0.1) is 10.2 Å². The number of hydrogen-bond donors (Lipinski definition) is 2. The van der Waals surface area contributed by atoms with E-state index >= 15 is 0 Å². The highest BCUT2D eigenvalue weighted by Crippen LogP contribution is 1.98. The molecule has 0 aliphatic rings. The summed E-state index contributed by atoms with van der Waals surface area (Å²) in [6.45, 7) is 1.45. The number of hydrogen-bond acceptors (Lipinski definition) is 4. The number of tetrazole rings is 1. The zero-order valence-electron chi connectivity index (χ0n) is 7.94. The third-order valence-electron chi connectivity index (χ3n) is 1.89. The summed E-state index contributed by atoms with van der Waals surface area (Å²) in [5.74, 6) is 0.681. The molecule has 0 aromatic carbocycles. The molecule has 2 N–H and O–H groups in total. The molecule has 0 aliphatic carbocycles. The van der Waals surface area contributed by atoms with Crippen molar-refractivity contribution >= 4 is 0 Å². The van der Waals surface area contributed by atoms with E-state index in [1.165, 1.54) is 5.56 Å². The first kappa shape index (κ1) is 8.89. The summed E-state index contributed by atoms with van der Waals surface area (Å²) < 4.78 is 2.02. The van der Waals surface area contributed by atoms with Crippen LogP contribution in [0.1, 0.15) is 11.4 Å². The molecular formula is C8H12N6. The lowest BCUT2D eigenvalue weighted by Gasteiger charge is -1.98. The van der Waals surface area contributed by atoms with Gasteiger partial charge in [0, 0.05) is 26.0 Å². The minimum atomic E-state index is 0.630. The maximum Gasteiger partial charge on any atom is 0.188 e. The van der Waals surface area contributed by atoms with E-state index in [0.717, 1.165) is 6.54 Å². The van der Waals surface area contributed by atoms with Crippen molar-refractivity contribution in [1.29, 1.82) is 0 Å². The van der Waals surface area contributed by atoms with E-state index in [0.29, 0.717) is 12.4 Å². The predicted octanol–water partition coefficient (Wildman–Crippen LogP) is -0.172. The summed E-state index contributed by atoms with van der Waals surface area (Å²) in [6, 6.07) is 2.07. The predicted molar refractivity (Wildman–Crippen MR) is 50.1 cm³/mol. The lowest BCUT2D eigenvalue weighted by atomic mass is 10.3. The Balaban J connectivity index is 1.78. The van der Waals surface area contributed by atoms with Gasteiger partial charge in [-0.1, -0.05) is 5.21 Å². The Morgan fingerprint density at radius 1 is 1.50 bits per heavy atom. The van der Waals surface area contributed by atoms with Crippen LogP contribution in [0.15, 0.2) is 18.5 Å². The SMILES string of the molecule is Cn1ccc(CNCc2nn[nH]n2)c1. The third kappa shape index (κ3) is 2.17. The van der Waals surface area contributed by atoms with Gasteiger partial charge in [-0.2, -0.15) is 5.21 Å². The molecule has 2 aromatic rings. The maximum absolute atomic E-state index is 3.84. The smallest absolute Gasteiger partial charge is 0.188 e. The molecular weight excluding hydrogens is 180 g/mol. The first-order valence-electron chi connectivity index (χ1n) is 4.38. The highest BCUT2D eigenvalue weighted by Gasteiger charge is 1.97. The Labute approximate surface area is 81.3 Å². The van der Waals surface area contributed by atoms with Gasteiger partial charge in [0.2, 0.25) is 0 Å². The van der Waals surface area contributed by atoms with Gasteiger partial charge in [-0.3, -0.25) is 0 Å². The molecule has 0 bridgehead atoms. The van der Waals surface area contributed by atoms with Crippen molar-refractivity contribution in [2.45, 2.75) is 13.1 Å². The Kier molecular flexibility index (Phi) is 2.55. The molecule has 0 spiro atoms. The largest absolute Gasteiger partial charge is 0.357 e. The van der Waals surface area contributed by atoms with Crippen molar-refractivity contribution in [3.8, 4) is 0 Å². The molecule has 0 saturated heterocycles. The summed E-state index contributed by atoms with van der Waals surface area (Å²) in [4.78, 5) is 0. The molecule has 0 amide bonds. The van der Waals surface area contributed by atoms with Crippen LogP contribution in [0.25, 0.3) is 0 Å². The third-order valence-corrected chi connectivity index (χ3v) is 1.89. The summed E-state index contributed by atoms with van der Waals surface area (Å²) in [6.07, 6.45) is 4.09. The summed E-state index contributed by atoms with van der Waals surface area (Å²) in [7, 11) is 2.00. The first-order chi connectivity index (χ1) is 6.84. The van der Waals surface area contributed by atoms with Crippen LogP contribution in [0.3, 0.4) is 0 Å². The van der Waals surface area contributed by atoms with Crippen LogP contribution in [-0.2, 0) is 20.1 Å². The van der Waals surface area contributed by atoms with Crippen LogP contribution in [0, 0.1) is 0 Å². The van der Waals surface area contributed by atoms with Crippen LogP contribution in [0.4, 0.5) is 0 Å². The highest BCUT2D eigenvalue weighted by atomic mass is 15.5. The van der Waals surface area contributed by atoms with Gasteiger partial charge < -0.3 is 9.88 Å². The number of nitrogens with zero attached hydrogens (tertiary/aromatic N) is 4. The van der Waals surface area contributed by atoms with E-state index in [2.05, 4.69) is 38.2 Å². The molecule has 0 unspecified atom stereocenters. The van der Waals surface area contributed by atoms with Gasteiger partial charge in [0.1, 0.15) is 0 Å². The van der Waals surface area contributed by atoms with Crippen LogP contribution < -0.4 is 5.32 Å². The maximum atomic E-state index is 3.84. The molecule has 14 heavy (non-hydrogen) atoms. The molecule has 0 aliphatic heterocycles. The fraction of sp³-hybridized carbons (Fsp3) is 0.375. The number of aromatic amines is 1. The fourth-order valence-electron chi connectivity index (χ4n) is 1.24. The Morgan fingerprint density at radius 2 is 2.43 bits per heavy atom. The van der Waals surface area contributed by atoms with E-state index in [1.54, 1.807) is 0 Å². The van der Waals surface area contributed by atoms with Crippen LogP contribution in [0.2, 0.25) is 0 Å². The Bertz CT molecular complexity index is 376. The number of aryl methyl sites for hydroxylation is 1. The monoisotopic (exact) mass is 192 g/mol. The van der Waals surface area contributed by atoms with Gasteiger partial charge in [0.15, 0.2) is 5.82 Å². The van der Waals surface area contributed by atoms with Crippen LogP contribution in [-0.4, -0.2) is 25.2 Å². The van der Waals surface area contributed by atoms with E-state index in [9.17, 15) is 0 Å². The van der Waals surface area contributed by atoms with Gasteiger partial charge in [-0.25, -0.2) is 0 Å². The van der Waals surface area contributed by atoms with E-state index in [4.69, 9.17) is 0 Å². The lowest BCUT2D eigenvalue weighted by molar-refractivity contribution is 0.663. The molecule has 0 fully saturated rings. The number of rotatable bonds is 4. The highest BCUT2D eigenvalue weighted by molar-refractivity contribution is 5.09. The lowest BCUT2D eigenvalue weighted by Crippen LogP contribution is -2.13. The second-order valence-corrected chi connectivity index (χ2v) is 3.12. The normalized spacial score (nSPS) is 10.6. The fourth-order valence-corrected chi connectivity index (χ4v) is 1.24. The van der Waals surface area contributed by atoms with E-state index in [-0.39, 0.29) is 0 Å². The van der Waals surface area contributed by atoms with Crippen molar-refractivity contribution in [3.63, 3.8) is 0 Å². The van der Waals surface area contributed by atoms with Crippen molar-refractivity contribution in [2.75, 3.05) is 0 Å². The molecule has 74 valence electrons. The molecule has 2 rings (SSSR count). The standard InChI is InChI=1S/C8H12N6/c1-14-3-2-7(6-14)4-9-5-8-10-12-13-11-8/h2-3,6,9H,4-5H2,1H3,(H,10,11,12,13). The molecule has 0 saturated carbocycles. The average molecular weight is 192 g/mol. The molecule has 0 atom stereocenters. The summed E-state index contributed by atoms with van der Waals surface area (Å²) in [5, 5.41) is 16.8. The van der Waals surface area contributed by atoms with E-state index in [1.807, 2.05) is 17.8 Å². The number of nitrogens with one attached hydrogen (secondary N) is 2. The minimum absolute atomic E-state index is 0.630.